The molecule has 2 atom stereocenters. The van der Waals surface area contributed by atoms with Crippen molar-refractivity contribution >= 4 is 12.4 Å². The maximum atomic E-state index is 11.8. The van der Waals surface area contributed by atoms with Crippen LogP contribution in [0.1, 0.15) is 36.8 Å². The second-order valence-corrected chi connectivity index (χ2v) is 6.05. The van der Waals surface area contributed by atoms with E-state index in [0.717, 1.165) is 25.7 Å². The Bertz CT molecular complexity index is 682. The van der Waals surface area contributed by atoms with Crippen molar-refractivity contribution in [1.29, 1.82) is 0 Å². The van der Waals surface area contributed by atoms with Crippen molar-refractivity contribution in [3.63, 3.8) is 0 Å². The van der Waals surface area contributed by atoms with E-state index in [1.54, 1.807) is 48.8 Å². The summed E-state index contributed by atoms with van der Waals surface area (Å²) < 4.78 is 0. The molecule has 2 aromatic carbocycles. The topological polar surface area (TPSA) is 70.8 Å². The van der Waals surface area contributed by atoms with Crippen molar-refractivity contribution < 1.29 is 27.0 Å². The monoisotopic (exact) mass is 379 g/mol. The van der Waals surface area contributed by atoms with Gasteiger partial charge in [-0.1, -0.05) is 61.4 Å². The fraction of sp³-hybridized carbons (Fsp3) is 0.300. The van der Waals surface area contributed by atoms with Gasteiger partial charge in [0.2, 0.25) is 0 Å². The van der Waals surface area contributed by atoms with Crippen LogP contribution in [0.15, 0.2) is 58.5 Å². The maximum absolute atomic E-state index is 11.8. The van der Waals surface area contributed by atoms with E-state index >= 15 is 0 Å². The Labute approximate surface area is 158 Å². The molecule has 0 heterocycles. The van der Waals surface area contributed by atoms with E-state index < -0.39 is 0 Å². The summed E-state index contributed by atoms with van der Waals surface area (Å²) in [6.45, 7) is 0. The zero-order chi connectivity index (χ0) is 16.8. The first kappa shape index (κ1) is 19.2. The van der Waals surface area contributed by atoms with Crippen LogP contribution in [0.3, 0.4) is 0 Å². The predicted octanol–water partition coefficient (Wildman–Crippen LogP) is 2.68. The van der Waals surface area contributed by atoms with Gasteiger partial charge in [0.25, 0.3) is 0 Å². The average Bonchev–Trinajstić information content (AvgIpc) is 2.61. The van der Waals surface area contributed by atoms with E-state index in [0.29, 0.717) is 11.1 Å². The summed E-state index contributed by atoms with van der Waals surface area (Å²) in [5.41, 5.74) is 1.21. The van der Waals surface area contributed by atoms with Crippen LogP contribution in [0.5, 0.6) is 11.5 Å². The second kappa shape index (κ2) is 9.39. The van der Waals surface area contributed by atoms with Gasteiger partial charge in [-0.2, -0.15) is 0 Å². The van der Waals surface area contributed by atoms with Crippen LogP contribution in [0.4, 0.5) is 0 Å². The van der Waals surface area contributed by atoms with Gasteiger partial charge in [0.15, 0.2) is 0 Å². The molecule has 0 unspecified atom stereocenters. The minimum Gasteiger partial charge on any atom is -0.872 e. The molecule has 3 rings (SSSR count). The summed E-state index contributed by atoms with van der Waals surface area (Å²) in [5, 5.41) is 23.5. The van der Waals surface area contributed by atoms with Gasteiger partial charge >= 0.3 is 16.8 Å². The molecule has 1 saturated carbocycles. The van der Waals surface area contributed by atoms with Crippen molar-refractivity contribution in [3.8, 4) is 11.5 Å². The van der Waals surface area contributed by atoms with Crippen LogP contribution in [0.2, 0.25) is 0 Å². The van der Waals surface area contributed by atoms with E-state index in [-0.39, 0.29) is 40.4 Å². The predicted molar refractivity (Wildman–Crippen MR) is 93.0 cm³/mol. The third kappa shape index (κ3) is 5.18. The summed E-state index contributed by atoms with van der Waals surface area (Å²) in [4.78, 5) is 9.23. The van der Waals surface area contributed by atoms with Gasteiger partial charge in [0.1, 0.15) is 0 Å². The molecule has 0 aliphatic heterocycles. The number of benzene rings is 2. The molecular weight excluding hydrogens is 359 g/mol. The van der Waals surface area contributed by atoms with Gasteiger partial charge in [-0.15, -0.1) is 11.5 Å². The Kier molecular flexibility index (Phi) is 7.22. The molecule has 0 spiro atoms. The Morgan fingerprint density at radius 2 is 1.12 bits per heavy atom. The average molecular weight is 379 g/mol. The quantitative estimate of drug-likeness (QED) is 0.767. The maximum Gasteiger partial charge on any atom is 2.00 e. The third-order valence-electron chi connectivity index (χ3n) is 4.34. The van der Waals surface area contributed by atoms with E-state index in [2.05, 4.69) is 9.98 Å². The molecule has 0 N–H and O–H groups in total. The van der Waals surface area contributed by atoms with Gasteiger partial charge in [-0.25, -0.2) is 0 Å². The molecule has 1 aliphatic rings. The fourth-order valence-corrected chi connectivity index (χ4v) is 2.97. The molecule has 5 heteroatoms. The first-order valence-corrected chi connectivity index (χ1v) is 8.32. The van der Waals surface area contributed by atoms with Crippen LogP contribution in [-0.4, -0.2) is 24.5 Å². The van der Waals surface area contributed by atoms with E-state index in [4.69, 9.17) is 0 Å². The molecule has 0 amide bonds. The van der Waals surface area contributed by atoms with Crippen molar-refractivity contribution in [2.75, 3.05) is 0 Å². The van der Waals surface area contributed by atoms with Crippen LogP contribution in [-0.2, 0) is 16.8 Å². The number of para-hydroxylation sites is 2. The normalized spacial score (nSPS) is 20.6. The first-order valence-electron chi connectivity index (χ1n) is 8.32. The van der Waals surface area contributed by atoms with Gasteiger partial charge < -0.3 is 10.2 Å². The zero-order valence-electron chi connectivity index (χ0n) is 13.8. The minimum absolute atomic E-state index is 0. The number of hydrogen-bond acceptors (Lipinski definition) is 4. The van der Waals surface area contributed by atoms with Crippen molar-refractivity contribution in [2.45, 2.75) is 37.8 Å². The van der Waals surface area contributed by atoms with E-state index in [1.165, 1.54) is 0 Å². The van der Waals surface area contributed by atoms with E-state index in [9.17, 15) is 10.2 Å². The Morgan fingerprint density at radius 1 is 0.720 bits per heavy atom. The van der Waals surface area contributed by atoms with Crippen molar-refractivity contribution in [2.24, 2.45) is 9.98 Å². The van der Waals surface area contributed by atoms with Crippen LogP contribution < -0.4 is 10.2 Å². The fourth-order valence-electron chi connectivity index (χ4n) is 2.97. The van der Waals surface area contributed by atoms with Crippen molar-refractivity contribution in [3.05, 3.63) is 59.7 Å². The summed E-state index contributed by atoms with van der Waals surface area (Å²) in [5.74, 6) is -0.0326. The molecular formula is C20H20CoN2O2. The van der Waals surface area contributed by atoms with Crippen LogP contribution in [0, 0.1) is 0 Å². The smallest absolute Gasteiger partial charge is 0.872 e. The molecule has 25 heavy (non-hydrogen) atoms. The van der Waals surface area contributed by atoms with Gasteiger partial charge in [-0.05, 0) is 24.0 Å². The molecule has 131 valence electrons. The number of hydrogen-bond donors (Lipinski definition) is 0. The molecule has 1 aliphatic carbocycles. The minimum atomic E-state index is -0.0163. The van der Waals surface area contributed by atoms with Crippen molar-refractivity contribution in [1.82, 2.24) is 0 Å². The molecule has 1 fully saturated rings. The second-order valence-electron chi connectivity index (χ2n) is 6.05. The number of nitrogens with zero attached hydrogens (tertiary/aromatic N) is 2. The van der Waals surface area contributed by atoms with Crippen LogP contribution >= 0.6 is 0 Å². The number of aliphatic imine (C=N–C) groups is 2. The summed E-state index contributed by atoms with van der Waals surface area (Å²) in [6, 6.07) is 13.9. The molecule has 1 radical (unpaired) electrons. The molecule has 4 nitrogen and oxygen atoms in total. The first-order chi connectivity index (χ1) is 11.7. The SMILES string of the molecule is [Co+2].[O-]c1ccccc1C=N[C@H]1CCCC[C@@H]1N=Cc1ccccc1[O-]. The zero-order valence-corrected chi connectivity index (χ0v) is 14.8. The summed E-state index contributed by atoms with van der Waals surface area (Å²) in [6.07, 6.45) is 7.48. The standard InChI is InChI=1S/C20H22N2O2.Co/c23-19-11-5-1-7-15(19)13-21-17-9-3-4-10-18(17)22-14-16-8-2-6-12-20(16)24;/h1-2,5-8,11-14,17-18,23-24H,3-4,9-10H2;/q;+2/p-2/t17-,18-;/m0./s1. The Hall–Kier alpha value is -2.11. The third-order valence-corrected chi connectivity index (χ3v) is 4.34. The Morgan fingerprint density at radius 3 is 1.52 bits per heavy atom. The molecule has 0 bridgehead atoms. The van der Waals surface area contributed by atoms with Gasteiger partial charge in [0.05, 0.1) is 12.1 Å². The molecule has 2 aromatic rings. The summed E-state index contributed by atoms with van der Waals surface area (Å²) in [7, 11) is 0. The number of rotatable bonds is 4. The Balaban J connectivity index is 0.00000225. The summed E-state index contributed by atoms with van der Waals surface area (Å²) >= 11 is 0. The molecule has 0 saturated heterocycles. The molecule has 0 aromatic heterocycles. The van der Waals surface area contributed by atoms with Gasteiger partial charge in [0, 0.05) is 12.4 Å². The largest absolute Gasteiger partial charge is 2.00 e. The van der Waals surface area contributed by atoms with Gasteiger partial charge in [-0.3, -0.25) is 9.98 Å². The van der Waals surface area contributed by atoms with Crippen LogP contribution in [0.25, 0.3) is 0 Å². The van der Waals surface area contributed by atoms with E-state index in [1.807, 2.05) is 12.1 Å².